The van der Waals surface area contributed by atoms with Crippen molar-refractivity contribution in [1.29, 1.82) is 0 Å². The zero-order chi connectivity index (χ0) is 26.3. The van der Waals surface area contributed by atoms with Gasteiger partial charge in [0.15, 0.2) is 11.5 Å². The van der Waals surface area contributed by atoms with E-state index in [1.807, 2.05) is 37.3 Å². The summed E-state index contributed by atoms with van der Waals surface area (Å²) < 4.78 is 14.1. The Bertz CT molecular complexity index is 1600. The molecular formula is C28H33N5O4. The average molecular weight is 504 g/mol. The van der Waals surface area contributed by atoms with E-state index in [2.05, 4.69) is 11.8 Å². The summed E-state index contributed by atoms with van der Waals surface area (Å²) in [4.78, 5) is 38.6. The van der Waals surface area contributed by atoms with Gasteiger partial charge in [-0.15, -0.1) is 0 Å². The Morgan fingerprint density at radius 1 is 0.973 bits per heavy atom. The monoisotopic (exact) mass is 503 g/mol. The third kappa shape index (κ3) is 4.32. The van der Waals surface area contributed by atoms with E-state index in [-0.39, 0.29) is 17.3 Å². The molecular weight excluding hydrogens is 470 g/mol. The molecule has 9 nitrogen and oxygen atoms in total. The number of ether oxygens (including phenoxy) is 2. The number of aryl methyl sites for hydroxylation is 3. The Morgan fingerprint density at radius 3 is 2.35 bits per heavy atom. The molecule has 0 bridgehead atoms. The minimum absolute atomic E-state index is 0.176. The molecule has 0 N–H and O–H groups in total. The fraction of sp³-hybridized carbons (Fsp3) is 0.429. The first-order chi connectivity index (χ1) is 17.9. The summed E-state index contributed by atoms with van der Waals surface area (Å²) in [7, 11) is 4.96. The van der Waals surface area contributed by atoms with Crippen LogP contribution in [0.5, 0.6) is 11.5 Å². The quantitative estimate of drug-likeness (QED) is 0.396. The van der Waals surface area contributed by atoms with Crippen LogP contribution in [0.15, 0.2) is 39.9 Å². The maximum absolute atomic E-state index is 13.4. The van der Waals surface area contributed by atoms with Crippen molar-refractivity contribution >= 4 is 27.6 Å². The molecule has 0 saturated carbocycles. The van der Waals surface area contributed by atoms with Gasteiger partial charge in [-0.25, -0.2) is 14.8 Å². The number of aromatic nitrogens is 4. The average Bonchev–Trinajstić information content (AvgIpc) is 2.91. The topological polar surface area (TPSA) is 91.5 Å². The SMILES string of the molecule is CCCc1nc(N2CCC(n3c(=O)c4cc(C)ccc4n(C)c3=O)CC2)c2cc(OC)c(OC)cc2n1. The Labute approximate surface area is 215 Å². The van der Waals surface area contributed by atoms with Gasteiger partial charge in [0.25, 0.3) is 5.56 Å². The van der Waals surface area contributed by atoms with Crippen molar-refractivity contribution in [2.45, 2.75) is 45.6 Å². The molecule has 2 aromatic carbocycles. The minimum Gasteiger partial charge on any atom is -0.493 e. The van der Waals surface area contributed by atoms with Gasteiger partial charge >= 0.3 is 5.69 Å². The Balaban J connectivity index is 1.52. The van der Waals surface area contributed by atoms with Crippen molar-refractivity contribution in [3.63, 3.8) is 0 Å². The van der Waals surface area contributed by atoms with E-state index in [0.717, 1.165) is 41.0 Å². The second kappa shape index (κ2) is 9.88. The molecule has 0 spiro atoms. The molecule has 4 aromatic rings. The summed E-state index contributed by atoms with van der Waals surface area (Å²) in [5.41, 5.74) is 1.98. The zero-order valence-electron chi connectivity index (χ0n) is 22.1. The van der Waals surface area contributed by atoms with Crippen molar-refractivity contribution < 1.29 is 9.47 Å². The fourth-order valence-corrected chi connectivity index (χ4v) is 5.32. The maximum Gasteiger partial charge on any atom is 0.331 e. The number of anilines is 1. The van der Waals surface area contributed by atoms with Gasteiger partial charge in [0.2, 0.25) is 0 Å². The van der Waals surface area contributed by atoms with Crippen LogP contribution in [-0.2, 0) is 13.5 Å². The standard InChI is InChI=1S/C28H33N5O4/c1-6-7-25-29-21-16-24(37-5)23(36-4)15-19(21)26(30-25)32-12-10-18(11-13-32)33-27(34)20-14-17(2)8-9-22(20)31(3)28(33)35/h8-9,14-16,18H,6-7,10-13H2,1-5H3. The molecule has 1 aliphatic heterocycles. The van der Waals surface area contributed by atoms with Crippen LogP contribution in [0.4, 0.5) is 5.82 Å². The third-order valence-electron chi connectivity index (χ3n) is 7.29. The van der Waals surface area contributed by atoms with Crippen molar-refractivity contribution in [2.75, 3.05) is 32.2 Å². The van der Waals surface area contributed by atoms with Crippen molar-refractivity contribution in [1.82, 2.24) is 19.1 Å². The van der Waals surface area contributed by atoms with Gasteiger partial charge in [0.1, 0.15) is 11.6 Å². The Kier molecular flexibility index (Phi) is 6.62. The maximum atomic E-state index is 13.4. The van der Waals surface area contributed by atoms with Crippen LogP contribution in [0.3, 0.4) is 0 Å². The highest BCUT2D eigenvalue weighted by molar-refractivity contribution is 5.92. The normalized spacial score (nSPS) is 14.5. The molecule has 37 heavy (non-hydrogen) atoms. The summed E-state index contributed by atoms with van der Waals surface area (Å²) in [6, 6.07) is 9.28. The fourth-order valence-electron chi connectivity index (χ4n) is 5.32. The van der Waals surface area contributed by atoms with Crippen molar-refractivity contribution in [3.05, 3.63) is 62.6 Å². The summed E-state index contributed by atoms with van der Waals surface area (Å²) in [5, 5.41) is 1.47. The molecule has 1 aliphatic rings. The lowest BCUT2D eigenvalue weighted by atomic mass is 10.0. The van der Waals surface area contributed by atoms with Gasteiger partial charge < -0.3 is 14.4 Å². The van der Waals surface area contributed by atoms with E-state index in [4.69, 9.17) is 19.4 Å². The third-order valence-corrected chi connectivity index (χ3v) is 7.29. The highest BCUT2D eigenvalue weighted by Gasteiger charge is 2.27. The first-order valence-corrected chi connectivity index (χ1v) is 12.8. The van der Waals surface area contributed by atoms with E-state index >= 15 is 0 Å². The van der Waals surface area contributed by atoms with E-state index in [0.29, 0.717) is 48.3 Å². The number of rotatable bonds is 6. The second-order valence-electron chi connectivity index (χ2n) is 9.69. The number of hydrogen-bond donors (Lipinski definition) is 0. The van der Waals surface area contributed by atoms with Gasteiger partial charge in [-0.1, -0.05) is 18.6 Å². The Morgan fingerprint density at radius 2 is 1.68 bits per heavy atom. The van der Waals surface area contributed by atoms with Crippen LogP contribution in [-0.4, -0.2) is 46.4 Å². The second-order valence-corrected chi connectivity index (χ2v) is 9.69. The van der Waals surface area contributed by atoms with Crippen molar-refractivity contribution in [2.24, 2.45) is 7.05 Å². The summed E-state index contributed by atoms with van der Waals surface area (Å²) in [5.74, 6) is 2.89. The molecule has 9 heteroatoms. The van der Waals surface area contributed by atoms with Gasteiger partial charge in [-0.3, -0.25) is 13.9 Å². The molecule has 1 saturated heterocycles. The number of piperidine rings is 1. The molecule has 0 amide bonds. The first-order valence-electron chi connectivity index (χ1n) is 12.8. The molecule has 0 atom stereocenters. The zero-order valence-corrected chi connectivity index (χ0v) is 22.1. The van der Waals surface area contributed by atoms with Crippen LogP contribution < -0.4 is 25.6 Å². The van der Waals surface area contributed by atoms with E-state index in [1.165, 1.54) is 4.57 Å². The number of fused-ring (bicyclic) bond motifs is 2. The highest BCUT2D eigenvalue weighted by atomic mass is 16.5. The lowest BCUT2D eigenvalue weighted by Gasteiger charge is -2.34. The summed E-state index contributed by atoms with van der Waals surface area (Å²) in [6.45, 7) is 5.39. The van der Waals surface area contributed by atoms with Gasteiger partial charge in [-0.2, -0.15) is 0 Å². The van der Waals surface area contributed by atoms with E-state index in [1.54, 1.807) is 25.8 Å². The van der Waals surface area contributed by atoms with Gasteiger partial charge in [0, 0.05) is 44.1 Å². The molecule has 1 fully saturated rings. The molecule has 194 valence electrons. The molecule has 0 aliphatic carbocycles. The minimum atomic E-state index is -0.269. The van der Waals surface area contributed by atoms with Crippen LogP contribution in [0.25, 0.3) is 21.8 Å². The predicted molar refractivity (Wildman–Crippen MR) is 145 cm³/mol. The number of benzene rings is 2. The first kappa shape index (κ1) is 24.8. The van der Waals surface area contributed by atoms with E-state index < -0.39 is 0 Å². The van der Waals surface area contributed by atoms with Gasteiger partial charge in [0.05, 0.1) is 30.6 Å². The summed E-state index contributed by atoms with van der Waals surface area (Å²) >= 11 is 0. The van der Waals surface area contributed by atoms with Crippen molar-refractivity contribution in [3.8, 4) is 11.5 Å². The van der Waals surface area contributed by atoms with Crippen LogP contribution in [0.2, 0.25) is 0 Å². The molecule has 0 radical (unpaired) electrons. The van der Waals surface area contributed by atoms with Gasteiger partial charge in [-0.05, 0) is 44.4 Å². The molecule has 5 rings (SSSR count). The smallest absolute Gasteiger partial charge is 0.331 e. The molecule has 2 aromatic heterocycles. The van der Waals surface area contributed by atoms with Crippen LogP contribution in [0, 0.1) is 6.92 Å². The number of nitrogens with zero attached hydrogens (tertiary/aromatic N) is 5. The largest absolute Gasteiger partial charge is 0.493 e. The molecule has 3 heterocycles. The van der Waals surface area contributed by atoms with E-state index in [9.17, 15) is 9.59 Å². The predicted octanol–water partition coefficient (Wildman–Crippen LogP) is 3.76. The van der Waals surface area contributed by atoms with Crippen LogP contribution in [0.1, 0.15) is 43.6 Å². The summed E-state index contributed by atoms with van der Waals surface area (Å²) in [6.07, 6.45) is 3.03. The molecule has 0 unspecified atom stereocenters. The Hall–Kier alpha value is -3.88. The van der Waals surface area contributed by atoms with Crippen LogP contribution >= 0.6 is 0 Å². The number of hydrogen-bond acceptors (Lipinski definition) is 7. The lowest BCUT2D eigenvalue weighted by molar-refractivity contribution is 0.355. The number of methoxy groups -OCH3 is 2. The lowest BCUT2D eigenvalue weighted by Crippen LogP contribution is -2.45. The highest BCUT2D eigenvalue weighted by Crippen LogP contribution is 2.36.